The van der Waals surface area contributed by atoms with Gasteiger partial charge in [-0.25, -0.2) is 0 Å². The third-order valence-corrected chi connectivity index (χ3v) is 1.76. The van der Waals surface area contributed by atoms with Crippen LogP contribution in [0.4, 0.5) is 0 Å². The molecule has 0 rings (SSSR count). The number of allylic oxidation sites excluding steroid dienone is 2. The number of rotatable bonds is 5. The van der Waals surface area contributed by atoms with Crippen LogP contribution in [-0.4, -0.2) is 13.2 Å². The molecule has 0 aromatic carbocycles. The largest absolute Gasteiger partial charge is 0.381 e. The van der Waals surface area contributed by atoms with Gasteiger partial charge >= 0.3 is 0 Å². The van der Waals surface area contributed by atoms with Gasteiger partial charge in [0.15, 0.2) is 0 Å². The summed E-state index contributed by atoms with van der Waals surface area (Å²) >= 11 is 0. The van der Waals surface area contributed by atoms with Crippen LogP contribution in [0, 0.1) is 5.41 Å². The Hall–Kier alpha value is -0.300. The lowest BCUT2D eigenvalue weighted by Crippen LogP contribution is -2.18. The Kier molecular flexibility index (Phi) is 5.23. The summed E-state index contributed by atoms with van der Waals surface area (Å²) in [4.78, 5) is 0. The molecular formula is C11H22O. The fourth-order valence-corrected chi connectivity index (χ4v) is 0.918. The minimum Gasteiger partial charge on any atom is -0.381 e. The summed E-state index contributed by atoms with van der Waals surface area (Å²) in [6, 6.07) is 0. The zero-order valence-electron chi connectivity index (χ0n) is 9.11. The van der Waals surface area contributed by atoms with Gasteiger partial charge in [-0.1, -0.05) is 25.5 Å². The average molecular weight is 170 g/mol. The summed E-state index contributed by atoms with van der Waals surface area (Å²) in [5.41, 5.74) is 1.67. The lowest BCUT2D eigenvalue weighted by molar-refractivity contribution is 0.0723. The van der Waals surface area contributed by atoms with Crippen molar-refractivity contribution in [2.75, 3.05) is 13.2 Å². The maximum atomic E-state index is 5.40. The summed E-state index contributed by atoms with van der Waals surface area (Å²) in [6.45, 7) is 12.5. The molecule has 0 aliphatic heterocycles. The van der Waals surface area contributed by atoms with E-state index in [2.05, 4.69) is 33.8 Å². The molecule has 12 heavy (non-hydrogen) atoms. The molecule has 0 unspecified atom stereocenters. The molecule has 1 nitrogen and oxygen atoms in total. The molecule has 0 saturated heterocycles. The average Bonchev–Trinajstić information content (AvgIpc) is 1.98. The van der Waals surface area contributed by atoms with E-state index >= 15 is 0 Å². The van der Waals surface area contributed by atoms with Crippen LogP contribution in [0.15, 0.2) is 11.6 Å². The first-order valence-electron chi connectivity index (χ1n) is 4.69. The van der Waals surface area contributed by atoms with Crippen LogP contribution in [-0.2, 0) is 4.74 Å². The summed E-state index contributed by atoms with van der Waals surface area (Å²) < 4.78 is 5.40. The van der Waals surface area contributed by atoms with E-state index in [0.717, 1.165) is 19.6 Å². The second-order valence-electron chi connectivity index (χ2n) is 4.29. The van der Waals surface area contributed by atoms with Crippen molar-refractivity contribution in [3.05, 3.63) is 11.6 Å². The van der Waals surface area contributed by atoms with Crippen molar-refractivity contribution in [1.29, 1.82) is 0 Å². The van der Waals surface area contributed by atoms with E-state index < -0.39 is 0 Å². The Morgan fingerprint density at radius 2 is 1.92 bits per heavy atom. The van der Waals surface area contributed by atoms with Gasteiger partial charge in [0.2, 0.25) is 0 Å². The smallest absolute Gasteiger partial charge is 0.0519 e. The maximum absolute atomic E-state index is 5.40. The van der Waals surface area contributed by atoms with Gasteiger partial charge in [0.1, 0.15) is 0 Å². The van der Waals surface area contributed by atoms with Crippen molar-refractivity contribution < 1.29 is 4.74 Å². The van der Waals surface area contributed by atoms with Gasteiger partial charge in [0.25, 0.3) is 0 Å². The van der Waals surface area contributed by atoms with Crippen molar-refractivity contribution in [3.8, 4) is 0 Å². The van der Waals surface area contributed by atoms with Crippen molar-refractivity contribution in [1.82, 2.24) is 0 Å². The van der Waals surface area contributed by atoms with Crippen molar-refractivity contribution in [2.45, 2.75) is 41.0 Å². The highest BCUT2D eigenvalue weighted by molar-refractivity contribution is 4.95. The van der Waals surface area contributed by atoms with Crippen LogP contribution in [0.3, 0.4) is 0 Å². The first-order valence-corrected chi connectivity index (χ1v) is 4.69. The van der Waals surface area contributed by atoms with Crippen LogP contribution < -0.4 is 0 Å². The molecular weight excluding hydrogens is 148 g/mol. The standard InChI is InChI=1S/C11H22O/c1-6-12-9-11(4,5)8-7-10(2)3/h7H,6,8-9H2,1-5H3. The van der Waals surface area contributed by atoms with E-state index in [1.807, 2.05) is 6.92 Å². The lowest BCUT2D eigenvalue weighted by atomic mass is 9.90. The molecule has 0 saturated carbocycles. The van der Waals surface area contributed by atoms with Gasteiger partial charge in [0, 0.05) is 6.61 Å². The molecule has 0 aliphatic rings. The first kappa shape index (κ1) is 11.7. The quantitative estimate of drug-likeness (QED) is 0.574. The molecule has 0 aromatic rings. The third-order valence-electron chi connectivity index (χ3n) is 1.76. The Balaban J connectivity index is 3.78. The molecule has 0 aliphatic carbocycles. The van der Waals surface area contributed by atoms with Crippen LogP contribution in [0.1, 0.15) is 41.0 Å². The Bertz CT molecular complexity index is 141. The van der Waals surface area contributed by atoms with Gasteiger partial charge in [0.05, 0.1) is 6.61 Å². The monoisotopic (exact) mass is 170 g/mol. The van der Waals surface area contributed by atoms with E-state index in [9.17, 15) is 0 Å². The molecule has 0 amide bonds. The van der Waals surface area contributed by atoms with Gasteiger partial charge in [-0.2, -0.15) is 0 Å². The van der Waals surface area contributed by atoms with E-state index in [1.54, 1.807) is 0 Å². The van der Waals surface area contributed by atoms with Gasteiger partial charge in [-0.3, -0.25) is 0 Å². The first-order chi connectivity index (χ1) is 5.48. The molecule has 0 fully saturated rings. The maximum Gasteiger partial charge on any atom is 0.0519 e. The fraction of sp³-hybridized carbons (Fsp3) is 0.818. The van der Waals surface area contributed by atoms with Crippen LogP contribution in [0.5, 0.6) is 0 Å². The summed E-state index contributed by atoms with van der Waals surface area (Å²) in [6.07, 6.45) is 3.38. The molecule has 1 heteroatoms. The zero-order valence-corrected chi connectivity index (χ0v) is 9.11. The number of hydrogen-bond donors (Lipinski definition) is 0. The Morgan fingerprint density at radius 1 is 1.33 bits per heavy atom. The highest BCUT2D eigenvalue weighted by Gasteiger charge is 2.15. The van der Waals surface area contributed by atoms with E-state index in [-0.39, 0.29) is 5.41 Å². The van der Waals surface area contributed by atoms with Crippen LogP contribution in [0.2, 0.25) is 0 Å². The molecule has 0 radical (unpaired) electrons. The van der Waals surface area contributed by atoms with Gasteiger partial charge in [-0.05, 0) is 32.6 Å². The van der Waals surface area contributed by atoms with E-state index in [0.29, 0.717) is 0 Å². The highest BCUT2D eigenvalue weighted by Crippen LogP contribution is 2.21. The summed E-state index contributed by atoms with van der Waals surface area (Å²) in [5.74, 6) is 0. The third kappa shape index (κ3) is 6.41. The fourth-order valence-electron chi connectivity index (χ4n) is 0.918. The predicted octanol–water partition coefficient (Wildman–Crippen LogP) is 3.41. The molecule has 0 heterocycles. The van der Waals surface area contributed by atoms with E-state index in [1.165, 1.54) is 5.57 Å². The molecule has 72 valence electrons. The van der Waals surface area contributed by atoms with Gasteiger partial charge < -0.3 is 4.74 Å². The van der Waals surface area contributed by atoms with E-state index in [4.69, 9.17) is 4.74 Å². The van der Waals surface area contributed by atoms with Crippen LogP contribution in [0.25, 0.3) is 0 Å². The van der Waals surface area contributed by atoms with Crippen molar-refractivity contribution >= 4 is 0 Å². The molecule has 0 atom stereocenters. The summed E-state index contributed by atoms with van der Waals surface area (Å²) in [5, 5.41) is 0. The Morgan fingerprint density at radius 3 is 2.33 bits per heavy atom. The molecule has 0 bridgehead atoms. The van der Waals surface area contributed by atoms with Crippen molar-refractivity contribution in [3.63, 3.8) is 0 Å². The Labute approximate surface area is 76.8 Å². The minimum absolute atomic E-state index is 0.285. The second kappa shape index (κ2) is 5.36. The van der Waals surface area contributed by atoms with Crippen LogP contribution >= 0.6 is 0 Å². The topological polar surface area (TPSA) is 9.23 Å². The molecule has 0 spiro atoms. The second-order valence-corrected chi connectivity index (χ2v) is 4.29. The van der Waals surface area contributed by atoms with Gasteiger partial charge in [-0.15, -0.1) is 0 Å². The predicted molar refractivity (Wildman–Crippen MR) is 54.3 cm³/mol. The lowest BCUT2D eigenvalue weighted by Gasteiger charge is -2.22. The molecule has 0 N–H and O–H groups in total. The zero-order chi connectivity index (χ0) is 9.61. The van der Waals surface area contributed by atoms with Crippen molar-refractivity contribution in [2.24, 2.45) is 5.41 Å². The molecule has 0 aromatic heterocycles. The number of ether oxygens (including phenoxy) is 1. The highest BCUT2D eigenvalue weighted by atomic mass is 16.5. The normalized spacial score (nSPS) is 11.4. The summed E-state index contributed by atoms with van der Waals surface area (Å²) in [7, 11) is 0. The SMILES string of the molecule is CCOCC(C)(C)CC=C(C)C. The number of hydrogen-bond acceptors (Lipinski definition) is 1. The minimum atomic E-state index is 0.285.